The van der Waals surface area contributed by atoms with Gasteiger partial charge in [0.15, 0.2) is 0 Å². The van der Waals surface area contributed by atoms with Crippen LogP contribution in [0, 0.1) is 29.6 Å². The first-order chi connectivity index (χ1) is 44.5. The van der Waals surface area contributed by atoms with Crippen LogP contribution in [0.1, 0.15) is 151 Å². The van der Waals surface area contributed by atoms with Crippen molar-refractivity contribution in [2.45, 2.75) is 201 Å². The number of anilines is 1. The molecule has 0 bridgehead atoms. The maximum Gasteiger partial charge on any atom is 0.410 e. The van der Waals surface area contributed by atoms with E-state index in [1.54, 1.807) is 109 Å². The number of methoxy groups -OCH3 is 2. The van der Waals surface area contributed by atoms with Crippen molar-refractivity contribution in [2.75, 3.05) is 53.3 Å². The maximum absolute atomic E-state index is 14.8. The van der Waals surface area contributed by atoms with Crippen LogP contribution in [0.2, 0.25) is 0 Å². The Labute approximate surface area is 554 Å². The summed E-state index contributed by atoms with van der Waals surface area (Å²) in [4.78, 5) is 152. The molecule has 26 nitrogen and oxygen atoms in total. The molecule has 2 aliphatic heterocycles. The molecule has 26 heteroatoms. The SMILES string of the molecule is CC[C@H](C)[C@@H]([C@@H](CC(=O)N1CCCC1[C@H](OC)[C@@H](C)C(=O)N[C@H](C)[C@@H](O)c1ccccc1)OC)N(C)C(=O)[C@@H](NC(=O)[C@H](C(C)C)N(C)C(=O)OCc1ccc(NC(=O)[C@H](CCCNC(N)=O)NC(=O)[C@@H](NC(=O)CCCCCN2C(=O)C=CC2=O)C(C)C)cc1)C(C)C. The second-order valence-electron chi connectivity index (χ2n) is 25.8. The molecule has 2 heterocycles. The molecule has 0 aliphatic carbocycles. The zero-order valence-corrected chi connectivity index (χ0v) is 57.4. The van der Waals surface area contributed by atoms with Gasteiger partial charge < -0.3 is 66.8 Å². The first-order valence-electron chi connectivity index (χ1n) is 32.9. The highest BCUT2D eigenvalue weighted by Crippen LogP contribution is 2.31. The molecule has 4 rings (SSSR count). The highest BCUT2D eigenvalue weighted by Gasteiger charge is 2.44. The number of urea groups is 1. The van der Waals surface area contributed by atoms with Crippen molar-refractivity contribution in [1.82, 2.24) is 46.2 Å². The Morgan fingerprint density at radius 2 is 1.35 bits per heavy atom. The van der Waals surface area contributed by atoms with E-state index in [9.17, 15) is 57.8 Å². The smallest absolute Gasteiger partial charge is 0.410 e. The molecule has 0 aromatic heterocycles. The third kappa shape index (κ3) is 22.9. The number of ether oxygens (including phenoxy) is 3. The summed E-state index contributed by atoms with van der Waals surface area (Å²) < 4.78 is 17.7. The van der Waals surface area contributed by atoms with Crippen molar-refractivity contribution in [3.8, 4) is 0 Å². The Kier molecular flexibility index (Phi) is 32.1. The summed E-state index contributed by atoms with van der Waals surface area (Å²) in [6.45, 7) is 18.6. The summed E-state index contributed by atoms with van der Waals surface area (Å²) in [6.07, 6.45) is 2.94. The van der Waals surface area contributed by atoms with Crippen molar-refractivity contribution < 1.29 is 72.1 Å². The minimum atomic E-state index is -1.11. The van der Waals surface area contributed by atoms with Gasteiger partial charge in [-0.2, -0.15) is 0 Å². The van der Waals surface area contributed by atoms with Crippen LogP contribution in [0.25, 0.3) is 0 Å². The number of carbonyl (C=O) groups excluding carboxylic acids is 11. The maximum atomic E-state index is 14.8. The number of nitrogens with one attached hydrogen (secondary N) is 6. The number of imide groups is 1. The Morgan fingerprint density at radius 1 is 0.713 bits per heavy atom. The standard InChI is InChI=1S/C68H105N11O15/c1-15-43(8)59(51(92-13)38-55(83)78-37-23-27-50(78)61(93-14)44(9)62(85)71-45(10)60(84)47-24-18-16-19-25-47)76(11)66(89)57(41(4)5)75-65(88)58(42(6)7)77(12)68(91)94-39-46-29-31-48(32-30-46)72-63(86)49(26-22-35-70-67(69)90)73-64(87)56(40(2)3)74-52(80)28-20-17-21-36-79-53(81)33-34-54(79)82/h16,18-19,24-25,29-34,40-45,49-51,56-61,84H,15,17,20-23,26-28,35-39H2,1-14H3,(H,71,85)(H,72,86)(H,73,87)(H,74,80)(H,75,88)(H3,69,70,90)/t43-,44+,45+,49-,50?,51+,56-,57-,58-,59-,60+,61+/m0/s1. The lowest BCUT2D eigenvalue weighted by atomic mass is 9.89. The number of benzene rings is 2. The van der Waals surface area contributed by atoms with E-state index in [0.717, 1.165) is 4.90 Å². The van der Waals surface area contributed by atoms with Crippen molar-refractivity contribution in [3.05, 3.63) is 77.9 Å². The van der Waals surface area contributed by atoms with E-state index in [2.05, 4.69) is 31.9 Å². The lowest BCUT2D eigenvalue weighted by Gasteiger charge is -2.41. The number of likely N-dealkylation sites (N-methyl/N-ethyl adjacent to an activating group) is 2. The van der Waals surface area contributed by atoms with Crippen LogP contribution in [-0.4, -0.2) is 192 Å². The Hall–Kier alpha value is -7.97. The first kappa shape index (κ1) is 78.5. The third-order valence-corrected chi connectivity index (χ3v) is 17.7. The molecule has 0 radical (unpaired) electrons. The average Bonchev–Trinajstić information content (AvgIpc) is 1.33. The number of carbonyl (C=O) groups is 11. The fourth-order valence-corrected chi connectivity index (χ4v) is 12.1. The van der Waals surface area contributed by atoms with Gasteiger partial charge in [-0.05, 0) is 92.4 Å². The first-order valence-corrected chi connectivity index (χ1v) is 32.9. The molecule has 0 saturated carbocycles. The van der Waals surface area contributed by atoms with Gasteiger partial charge in [-0.1, -0.05) is 118 Å². The van der Waals surface area contributed by atoms with Crippen LogP contribution in [0.5, 0.6) is 0 Å². The molecule has 522 valence electrons. The van der Waals surface area contributed by atoms with E-state index in [0.29, 0.717) is 61.9 Å². The normalized spacial score (nSPS) is 17.4. The largest absolute Gasteiger partial charge is 0.445 e. The number of aliphatic hydroxyl groups is 1. The number of hydrogen-bond donors (Lipinski definition) is 8. The van der Waals surface area contributed by atoms with E-state index in [-0.39, 0.29) is 86.8 Å². The number of nitrogens with zero attached hydrogens (tertiary/aromatic N) is 4. The molecular weight excluding hydrogens is 1210 g/mol. The predicted molar refractivity (Wildman–Crippen MR) is 353 cm³/mol. The number of amides is 12. The van der Waals surface area contributed by atoms with Crippen molar-refractivity contribution in [2.24, 2.45) is 35.3 Å². The van der Waals surface area contributed by atoms with Crippen molar-refractivity contribution in [1.29, 1.82) is 0 Å². The number of nitrogens with two attached hydrogens (primary N) is 1. The Balaban J connectivity index is 1.37. The van der Waals surface area contributed by atoms with E-state index >= 15 is 0 Å². The summed E-state index contributed by atoms with van der Waals surface area (Å²) >= 11 is 0. The fourth-order valence-electron chi connectivity index (χ4n) is 12.1. The summed E-state index contributed by atoms with van der Waals surface area (Å²) in [7, 11) is 6.08. The van der Waals surface area contributed by atoms with Gasteiger partial charge in [0.05, 0.1) is 48.8 Å². The summed E-state index contributed by atoms with van der Waals surface area (Å²) in [5.74, 6) is -6.02. The Morgan fingerprint density at radius 3 is 1.93 bits per heavy atom. The molecule has 94 heavy (non-hydrogen) atoms. The number of aliphatic hydroxyl groups excluding tert-OH is 1. The topological polar surface area (TPSA) is 347 Å². The second kappa shape index (κ2) is 38.4. The van der Waals surface area contributed by atoms with E-state index in [4.69, 9.17) is 19.9 Å². The average molecular weight is 1320 g/mol. The van der Waals surface area contributed by atoms with Crippen LogP contribution in [-0.2, 0) is 64.0 Å². The van der Waals surface area contributed by atoms with Gasteiger partial charge in [0.1, 0.15) is 30.8 Å². The van der Waals surface area contributed by atoms with Crippen molar-refractivity contribution >= 4 is 71.0 Å². The monoisotopic (exact) mass is 1320 g/mol. The number of unbranched alkanes of at least 4 members (excludes halogenated alkanes) is 2. The van der Waals surface area contributed by atoms with E-state index < -0.39 is 114 Å². The van der Waals surface area contributed by atoms with Gasteiger partial charge in [0, 0.05) is 72.2 Å². The van der Waals surface area contributed by atoms with Gasteiger partial charge in [0.25, 0.3) is 11.8 Å². The van der Waals surface area contributed by atoms with Crippen LogP contribution >= 0.6 is 0 Å². The van der Waals surface area contributed by atoms with Crippen LogP contribution in [0.3, 0.4) is 0 Å². The van der Waals surface area contributed by atoms with E-state index in [1.807, 2.05) is 32.0 Å². The highest BCUT2D eigenvalue weighted by molar-refractivity contribution is 6.12. The minimum Gasteiger partial charge on any atom is -0.445 e. The number of hydrogen-bond acceptors (Lipinski definition) is 15. The highest BCUT2D eigenvalue weighted by atomic mass is 16.6. The zero-order chi connectivity index (χ0) is 70.1. The number of primary amides is 1. The lowest BCUT2D eigenvalue weighted by Crippen LogP contribution is -2.60. The molecule has 9 N–H and O–H groups in total. The zero-order valence-electron chi connectivity index (χ0n) is 57.4. The van der Waals surface area contributed by atoms with Gasteiger partial charge >= 0.3 is 12.1 Å². The molecule has 12 atom stereocenters. The second-order valence-corrected chi connectivity index (χ2v) is 25.8. The molecule has 12 amide bonds. The van der Waals surface area contributed by atoms with Gasteiger partial charge in [-0.25, -0.2) is 9.59 Å². The quantitative estimate of drug-likeness (QED) is 0.0321. The fraction of sp³-hybridized carbons (Fsp3) is 0.632. The van der Waals surface area contributed by atoms with Gasteiger partial charge in [-0.3, -0.25) is 53.0 Å². The predicted octanol–water partition coefficient (Wildman–Crippen LogP) is 5.08. The third-order valence-electron chi connectivity index (χ3n) is 17.7. The summed E-state index contributed by atoms with van der Waals surface area (Å²) in [5, 5.41) is 27.6. The number of rotatable bonds is 38. The van der Waals surface area contributed by atoms with Crippen LogP contribution < -0.4 is 37.6 Å². The lowest BCUT2D eigenvalue weighted by molar-refractivity contribution is -0.148. The summed E-state index contributed by atoms with van der Waals surface area (Å²) in [5.41, 5.74) is 6.77. The number of likely N-dealkylation sites (tertiary alicyclic amines) is 1. The molecule has 1 fully saturated rings. The van der Waals surface area contributed by atoms with Crippen LogP contribution in [0.4, 0.5) is 15.3 Å². The molecule has 1 unspecified atom stereocenters. The minimum absolute atomic E-state index is 0.0841. The van der Waals surface area contributed by atoms with E-state index in [1.165, 1.54) is 38.3 Å². The molecule has 2 aliphatic rings. The van der Waals surface area contributed by atoms with Gasteiger partial charge in [-0.15, -0.1) is 0 Å². The van der Waals surface area contributed by atoms with Gasteiger partial charge in [0.2, 0.25) is 41.4 Å². The summed E-state index contributed by atoms with van der Waals surface area (Å²) in [6, 6.07) is 8.74. The molecular formula is C68H105N11O15. The van der Waals surface area contributed by atoms with Crippen molar-refractivity contribution in [3.63, 3.8) is 0 Å². The molecule has 1 saturated heterocycles. The molecule has 0 spiro atoms. The molecule has 2 aromatic carbocycles. The van der Waals surface area contributed by atoms with Crippen LogP contribution in [0.15, 0.2) is 66.7 Å². The molecule has 2 aromatic rings. The Bertz CT molecular complexity index is 2880.